The van der Waals surface area contributed by atoms with E-state index in [1.807, 2.05) is 5.32 Å². The highest BCUT2D eigenvalue weighted by molar-refractivity contribution is 9.10. The van der Waals surface area contributed by atoms with Crippen molar-refractivity contribution in [1.82, 2.24) is 0 Å². The standard InChI is InChI=1S/C8H7BrFNO2/c1-4-2-6(10)7(3-5(4)9)11-8(12)13/h2-3,11H,1H3,(H,12,13). The van der Waals surface area contributed by atoms with Crippen LogP contribution in [-0.4, -0.2) is 11.2 Å². The predicted molar refractivity (Wildman–Crippen MR) is 50.5 cm³/mol. The summed E-state index contributed by atoms with van der Waals surface area (Å²) < 4.78 is 13.7. The van der Waals surface area contributed by atoms with E-state index in [9.17, 15) is 9.18 Å². The molecule has 0 fully saturated rings. The van der Waals surface area contributed by atoms with E-state index in [1.54, 1.807) is 6.92 Å². The lowest BCUT2D eigenvalue weighted by Crippen LogP contribution is -2.08. The highest BCUT2D eigenvalue weighted by Gasteiger charge is 2.07. The molecule has 0 atom stereocenters. The molecule has 1 aromatic rings. The van der Waals surface area contributed by atoms with E-state index in [0.717, 1.165) is 0 Å². The SMILES string of the molecule is Cc1cc(F)c(NC(=O)O)cc1Br. The number of hydrogen-bond acceptors (Lipinski definition) is 1. The first-order valence-corrected chi connectivity index (χ1v) is 4.25. The van der Waals surface area contributed by atoms with Crippen molar-refractivity contribution < 1.29 is 14.3 Å². The van der Waals surface area contributed by atoms with Gasteiger partial charge in [0.05, 0.1) is 5.69 Å². The molecule has 2 N–H and O–H groups in total. The van der Waals surface area contributed by atoms with E-state index in [0.29, 0.717) is 10.0 Å². The van der Waals surface area contributed by atoms with Gasteiger partial charge in [0.15, 0.2) is 0 Å². The second kappa shape index (κ2) is 3.74. The molecule has 0 heterocycles. The third-order valence-corrected chi connectivity index (χ3v) is 2.34. The smallest absolute Gasteiger partial charge is 0.409 e. The Morgan fingerprint density at radius 1 is 1.62 bits per heavy atom. The Labute approximate surface area is 82.7 Å². The number of benzene rings is 1. The zero-order valence-corrected chi connectivity index (χ0v) is 8.35. The zero-order chi connectivity index (χ0) is 10.0. The van der Waals surface area contributed by atoms with Crippen molar-refractivity contribution in [1.29, 1.82) is 0 Å². The molecule has 0 spiro atoms. The molecule has 0 bridgehead atoms. The fourth-order valence-electron chi connectivity index (χ4n) is 0.857. The molecule has 0 saturated carbocycles. The molecule has 5 heteroatoms. The zero-order valence-electron chi connectivity index (χ0n) is 6.77. The number of hydrogen-bond donors (Lipinski definition) is 2. The van der Waals surface area contributed by atoms with Crippen molar-refractivity contribution in [2.75, 3.05) is 5.32 Å². The third kappa shape index (κ3) is 2.42. The predicted octanol–water partition coefficient (Wildman–Crippen LogP) is 2.99. The van der Waals surface area contributed by atoms with Gasteiger partial charge in [-0.2, -0.15) is 0 Å². The molecule has 0 unspecified atom stereocenters. The quantitative estimate of drug-likeness (QED) is 0.802. The molecule has 3 nitrogen and oxygen atoms in total. The lowest BCUT2D eigenvalue weighted by atomic mass is 10.2. The first-order chi connectivity index (χ1) is 6.00. The maximum Gasteiger partial charge on any atom is 0.409 e. The number of carbonyl (C=O) groups is 1. The van der Waals surface area contributed by atoms with Crippen LogP contribution in [0.1, 0.15) is 5.56 Å². The molecule has 0 radical (unpaired) electrons. The number of carboxylic acid groups (broad SMARTS) is 1. The van der Waals surface area contributed by atoms with Crippen LogP contribution in [0, 0.1) is 12.7 Å². The van der Waals surface area contributed by atoms with Crippen LogP contribution in [-0.2, 0) is 0 Å². The van der Waals surface area contributed by atoms with Gasteiger partial charge in [-0.15, -0.1) is 0 Å². The summed E-state index contributed by atoms with van der Waals surface area (Å²) in [6.45, 7) is 1.72. The van der Waals surface area contributed by atoms with Crippen molar-refractivity contribution in [3.8, 4) is 0 Å². The van der Waals surface area contributed by atoms with Gasteiger partial charge in [-0.25, -0.2) is 9.18 Å². The molecule has 0 aliphatic rings. The van der Waals surface area contributed by atoms with Crippen LogP contribution in [0.25, 0.3) is 0 Å². The number of aryl methyl sites for hydroxylation is 1. The van der Waals surface area contributed by atoms with Crippen LogP contribution < -0.4 is 5.32 Å². The summed E-state index contributed by atoms with van der Waals surface area (Å²) in [5.41, 5.74) is 0.665. The van der Waals surface area contributed by atoms with Gasteiger partial charge in [0.2, 0.25) is 0 Å². The van der Waals surface area contributed by atoms with E-state index in [1.165, 1.54) is 12.1 Å². The molecular weight excluding hydrogens is 241 g/mol. The summed E-state index contributed by atoms with van der Waals surface area (Å²) in [6.07, 6.45) is -1.28. The second-order valence-corrected chi connectivity index (χ2v) is 3.37. The van der Waals surface area contributed by atoms with Crippen LogP contribution in [0.15, 0.2) is 16.6 Å². The van der Waals surface area contributed by atoms with E-state index in [2.05, 4.69) is 15.9 Å². The van der Waals surface area contributed by atoms with Gasteiger partial charge in [-0.3, -0.25) is 5.32 Å². The maximum absolute atomic E-state index is 13.0. The average molecular weight is 248 g/mol. The monoisotopic (exact) mass is 247 g/mol. The van der Waals surface area contributed by atoms with Crippen molar-refractivity contribution >= 4 is 27.7 Å². The van der Waals surface area contributed by atoms with Crippen molar-refractivity contribution in [2.24, 2.45) is 0 Å². The van der Waals surface area contributed by atoms with Crippen molar-refractivity contribution in [2.45, 2.75) is 6.92 Å². The van der Waals surface area contributed by atoms with Gasteiger partial charge in [0.25, 0.3) is 0 Å². The molecule has 1 amide bonds. The van der Waals surface area contributed by atoms with Crippen LogP contribution in [0.3, 0.4) is 0 Å². The molecule has 1 rings (SSSR count). The molecule has 0 aliphatic carbocycles. The van der Waals surface area contributed by atoms with Gasteiger partial charge in [-0.1, -0.05) is 15.9 Å². The Balaban J connectivity index is 3.08. The van der Waals surface area contributed by atoms with Gasteiger partial charge in [0.1, 0.15) is 5.82 Å². The van der Waals surface area contributed by atoms with E-state index in [-0.39, 0.29) is 5.69 Å². The Kier molecular flexibility index (Phi) is 2.87. The lowest BCUT2D eigenvalue weighted by molar-refractivity contribution is 0.209. The Morgan fingerprint density at radius 3 is 2.77 bits per heavy atom. The summed E-state index contributed by atoms with van der Waals surface area (Å²) in [6, 6.07) is 2.65. The summed E-state index contributed by atoms with van der Waals surface area (Å²) in [7, 11) is 0. The van der Waals surface area contributed by atoms with Crippen molar-refractivity contribution in [3.63, 3.8) is 0 Å². The molecule has 1 aromatic carbocycles. The van der Waals surface area contributed by atoms with Gasteiger partial charge in [-0.05, 0) is 24.6 Å². The fourth-order valence-corrected chi connectivity index (χ4v) is 1.20. The number of rotatable bonds is 1. The van der Waals surface area contributed by atoms with Gasteiger partial charge in [0, 0.05) is 4.47 Å². The highest BCUT2D eigenvalue weighted by Crippen LogP contribution is 2.23. The minimum absolute atomic E-state index is 0.0509. The Bertz CT molecular complexity index is 354. The first-order valence-electron chi connectivity index (χ1n) is 3.46. The first kappa shape index (κ1) is 9.98. The second-order valence-electron chi connectivity index (χ2n) is 2.51. The van der Waals surface area contributed by atoms with E-state index in [4.69, 9.17) is 5.11 Å². The summed E-state index contributed by atoms with van der Waals surface area (Å²) in [5.74, 6) is -0.580. The van der Waals surface area contributed by atoms with E-state index >= 15 is 0 Å². The fraction of sp³-hybridized carbons (Fsp3) is 0.125. The summed E-state index contributed by atoms with van der Waals surface area (Å²) in [5, 5.41) is 10.3. The minimum Gasteiger partial charge on any atom is -0.465 e. The Morgan fingerprint density at radius 2 is 2.23 bits per heavy atom. The maximum atomic E-state index is 13.0. The van der Waals surface area contributed by atoms with Crippen molar-refractivity contribution in [3.05, 3.63) is 28.0 Å². The summed E-state index contributed by atoms with van der Waals surface area (Å²) in [4.78, 5) is 10.2. The lowest BCUT2D eigenvalue weighted by Gasteiger charge is -2.05. The van der Waals surface area contributed by atoms with Crippen LogP contribution >= 0.6 is 15.9 Å². The number of anilines is 1. The Hall–Kier alpha value is -1.10. The van der Waals surface area contributed by atoms with Crippen LogP contribution in [0.2, 0.25) is 0 Å². The topological polar surface area (TPSA) is 49.3 Å². The molecule has 70 valence electrons. The molecule has 0 aromatic heterocycles. The van der Waals surface area contributed by atoms with Crippen LogP contribution in [0.5, 0.6) is 0 Å². The van der Waals surface area contributed by atoms with Gasteiger partial charge >= 0.3 is 6.09 Å². The molecule has 13 heavy (non-hydrogen) atoms. The molecule has 0 saturated heterocycles. The number of amides is 1. The number of halogens is 2. The molecule has 0 aliphatic heterocycles. The molecular formula is C8H7BrFNO2. The van der Waals surface area contributed by atoms with E-state index < -0.39 is 11.9 Å². The average Bonchev–Trinajstić information content (AvgIpc) is 1.99. The largest absolute Gasteiger partial charge is 0.465 e. The highest BCUT2D eigenvalue weighted by atomic mass is 79.9. The summed E-state index contributed by atoms with van der Waals surface area (Å²) >= 11 is 3.17. The van der Waals surface area contributed by atoms with Crippen LogP contribution in [0.4, 0.5) is 14.9 Å². The minimum atomic E-state index is -1.28. The third-order valence-electron chi connectivity index (χ3n) is 1.49. The number of nitrogens with one attached hydrogen (secondary N) is 1. The van der Waals surface area contributed by atoms with Gasteiger partial charge < -0.3 is 5.11 Å². The normalized spacial score (nSPS) is 9.77.